The lowest BCUT2D eigenvalue weighted by atomic mass is 10.0. The number of amides is 1. The fourth-order valence-electron chi connectivity index (χ4n) is 7.48. The van der Waals surface area contributed by atoms with Crippen molar-refractivity contribution in [1.82, 2.24) is 5.32 Å². The van der Waals surface area contributed by atoms with Crippen LogP contribution in [0, 0.1) is 0 Å². The molecule has 0 bridgehead atoms. The Balaban J connectivity index is 4.10. The first-order valence-electron chi connectivity index (χ1n) is 25.9. The number of hydrogen-bond donors (Lipinski definition) is 2. The fourth-order valence-corrected chi connectivity index (χ4v) is 8.20. The lowest BCUT2D eigenvalue weighted by Crippen LogP contribution is -2.45. The molecule has 9 heteroatoms. The van der Waals surface area contributed by atoms with Crippen molar-refractivity contribution in [3.63, 3.8) is 0 Å². The summed E-state index contributed by atoms with van der Waals surface area (Å²) in [6, 6.07) is -0.905. The minimum Gasteiger partial charge on any atom is -0.756 e. The van der Waals surface area contributed by atoms with Gasteiger partial charge in [0.15, 0.2) is 0 Å². The van der Waals surface area contributed by atoms with Gasteiger partial charge in [-0.25, -0.2) is 0 Å². The Bertz CT molecular complexity index is 1090. The van der Waals surface area contributed by atoms with E-state index in [1.54, 1.807) is 6.08 Å². The van der Waals surface area contributed by atoms with Gasteiger partial charge in [0.1, 0.15) is 13.2 Å². The maximum absolute atomic E-state index is 12.8. The van der Waals surface area contributed by atoms with Gasteiger partial charge in [-0.1, -0.05) is 224 Å². The molecule has 0 saturated carbocycles. The molecule has 0 aromatic heterocycles. The van der Waals surface area contributed by atoms with Gasteiger partial charge in [-0.3, -0.25) is 9.36 Å². The van der Waals surface area contributed by atoms with Crippen LogP contribution in [0.3, 0.4) is 0 Å². The second kappa shape index (κ2) is 43.9. The second-order valence-corrected chi connectivity index (χ2v) is 20.3. The average molecular weight is 881 g/mol. The quantitative estimate of drug-likeness (QED) is 0.0273. The molecule has 3 atom stereocenters. The van der Waals surface area contributed by atoms with Gasteiger partial charge in [0, 0.05) is 6.42 Å². The molecule has 8 nitrogen and oxygen atoms in total. The van der Waals surface area contributed by atoms with Crippen LogP contribution in [0.2, 0.25) is 0 Å². The van der Waals surface area contributed by atoms with Crippen LogP contribution >= 0.6 is 7.82 Å². The molecule has 0 aliphatic rings. The van der Waals surface area contributed by atoms with Gasteiger partial charge in [-0.15, -0.1) is 0 Å². The van der Waals surface area contributed by atoms with Crippen molar-refractivity contribution < 1.29 is 32.9 Å². The number of nitrogens with zero attached hydrogens (tertiary/aromatic N) is 1. The summed E-state index contributed by atoms with van der Waals surface area (Å²) in [7, 11) is 1.24. The number of aliphatic hydroxyl groups excluding tert-OH is 1. The summed E-state index contributed by atoms with van der Waals surface area (Å²) < 4.78 is 23.1. The Morgan fingerprint density at radius 3 is 1.33 bits per heavy atom. The number of unbranched alkanes of at least 4 members (excludes halogenated alkanes) is 30. The highest BCUT2D eigenvalue weighted by molar-refractivity contribution is 7.45. The first-order valence-corrected chi connectivity index (χ1v) is 27.3. The van der Waals surface area contributed by atoms with E-state index in [1.165, 1.54) is 173 Å². The normalized spacial score (nSPS) is 14.4. The van der Waals surface area contributed by atoms with E-state index < -0.39 is 26.6 Å². The van der Waals surface area contributed by atoms with Crippen molar-refractivity contribution in [3.8, 4) is 0 Å². The number of likely N-dealkylation sites (N-methyl/N-ethyl adjacent to an activating group) is 1. The van der Waals surface area contributed by atoms with Crippen LogP contribution in [0.25, 0.3) is 0 Å². The highest BCUT2D eigenvalue weighted by Gasteiger charge is 2.23. The maximum atomic E-state index is 12.8. The van der Waals surface area contributed by atoms with Gasteiger partial charge in [-0.05, 0) is 44.9 Å². The molecule has 0 heterocycles. The summed E-state index contributed by atoms with van der Waals surface area (Å²) in [5.41, 5.74) is 0. The zero-order valence-electron chi connectivity index (χ0n) is 40.9. The smallest absolute Gasteiger partial charge is 0.268 e. The van der Waals surface area contributed by atoms with Gasteiger partial charge in [0.2, 0.25) is 5.91 Å². The molecule has 0 rings (SSSR count). The largest absolute Gasteiger partial charge is 0.756 e. The van der Waals surface area contributed by atoms with E-state index in [9.17, 15) is 19.4 Å². The number of hydrogen-bond acceptors (Lipinski definition) is 6. The van der Waals surface area contributed by atoms with Crippen LogP contribution in [-0.4, -0.2) is 68.5 Å². The van der Waals surface area contributed by atoms with Crippen LogP contribution in [-0.2, 0) is 18.4 Å². The van der Waals surface area contributed by atoms with Crippen molar-refractivity contribution >= 4 is 13.7 Å². The average Bonchev–Trinajstić information content (AvgIpc) is 3.21. The number of carbonyl (C=O) groups excluding carboxylic acids is 1. The third kappa shape index (κ3) is 46.5. The highest BCUT2D eigenvalue weighted by Crippen LogP contribution is 2.38. The third-order valence-corrected chi connectivity index (χ3v) is 12.5. The number of rotatable bonds is 47. The van der Waals surface area contributed by atoms with Crippen LogP contribution < -0.4 is 10.2 Å². The lowest BCUT2D eigenvalue weighted by Gasteiger charge is -2.29. The summed E-state index contributed by atoms with van der Waals surface area (Å²) in [5.74, 6) is -0.216. The maximum Gasteiger partial charge on any atom is 0.268 e. The molecule has 1 amide bonds. The number of quaternary nitrogens is 1. The first kappa shape index (κ1) is 59.7. The summed E-state index contributed by atoms with van der Waals surface area (Å²) in [5, 5.41) is 13.7. The van der Waals surface area contributed by atoms with Gasteiger partial charge >= 0.3 is 0 Å². The Morgan fingerprint density at radius 2 is 0.918 bits per heavy atom. The predicted octanol–water partition coefficient (Wildman–Crippen LogP) is 14.4. The lowest BCUT2D eigenvalue weighted by molar-refractivity contribution is -0.870. The topological polar surface area (TPSA) is 108 Å². The number of phosphoric ester groups is 1. The van der Waals surface area contributed by atoms with Crippen LogP contribution in [0.4, 0.5) is 0 Å². The molecular weight excluding hydrogens is 780 g/mol. The van der Waals surface area contributed by atoms with Crippen LogP contribution in [0.5, 0.6) is 0 Å². The van der Waals surface area contributed by atoms with Crippen molar-refractivity contribution in [3.05, 3.63) is 36.5 Å². The van der Waals surface area contributed by atoms with E-state index in [2.05, 4.69) is 43.5 Å². The highest BCUT2D eigenvalue weighted by atomic mass is 31.2. The third-order valence-electron chi connectivity index (χ3n) is 11.6. The predicted molar refractivity (Wildman–Crippen MR) is 261 cm³/mol. The van der Waals surface area contributed by atoms with E-state index in [0.29, 0.717) is 17.4 Å². The van der Waals surface area contributed by atoms with E-state index in [4.69, 9.17) is 9.05 Å². The Kier molecular flexibility index (Phi) is 43.0. The monoisotopic (exact) mass is 881 g/mol. The second-order valence-electron chi connectivity index (χ2n) is 18.9. The van der Waals surface area contributed by atoms with Gasteiger partial charge in [0.25, 0.3) is 7.82 Å². The summed E-state index contributed by atoms with van der Waals surface area (Å²) in [4.78, 5) is 25.2. The van der Waals surface area contributed by atoms with E-state index >= 15 is 0 Å². The molecule has 2 N–H and O–H groups in total. The zero-order chi connectivity index (χ0) is 45.0. The van der Waals surface area contributed by atoms with E-state index in [-0.39, 0.29) is 12.5 Å². The van der Waals surface area contributed by atoms with E-state index in [0.717, 1.165) is 44.9 Å². The van der Waals surface area contributed by atoms with Crippen LogP contribution in [0.1, 0.15) is 239 Å². The molecular formula is C52H101N2O6P. The van der Waals surface area contributed by atoms with Crippen molar-refractivity contribution in [2.75, 3.05) is 40.9 Å². The SMILES string of the molecule is CCCCCCCCCCCCCCCCCCCCCCC/C=C/CC/C=C/CC/C=C/C(O)C(COP(=O)([O-])OCC[N+](C)(C)C)NC(=O)CCCCCCCCCC. The molecule has 0 aromatic rings. The molecule has 0 aliphatic heterocycles. The Morgan fingerprint density at radius 1 is 0.557 bits per heavy atom. The van der Waals surface area contributed by atoms with Crippen LogP contribution in [0.15, 0.2) is 36.5 Å². The fraction of sp³-hybridized carbons (Fsp3) is 0.865. The zero-order valence-corrected chi connectivity index (χ0v) is 41.8. The molecule has 3 unspecified atom stereocenters. The van der Waals surface area contributed by atoms with Gasteiger partial charge < -0.3 is 28.8 Å². The minimum atomic E-state index is -4.59. The molecule has 61 heavy (non-hydrogen) atoms. The van der Waals surface area contributed by atoms with Gasteiger partial charge in [-0.2, -0.15) is 0 Å². The van der Waals surface area contributed by atoms with Crippen molar-refractivity contribution in [2.24, 2.45) is 0 Å². The molecule has 0 spiro atoms. The molecule has 0 radical (unpaired) electrons. The molecule has 0 aliphatic carbocycles. The Hall–Kier alpha value is -1.28. The number of nitrogens with one attached hydrogen (secondary N) is 1. The molecule has 0 saturated heterocycles. The standard InChI is InChI=1S/C52H101N2O6P/c1-6-8-10-12-14-16-17-18-19-20-21-22-23-24-25-26-27-28-29-30-31-32-33-34-35-36-37-38-39-41-43-45-51(55)50(49-60-61(57,58)59-48-47-54(3,4)5)53-52(56)46-44-42-40-15-13-11-9-7-2/h33-34,37-38,43,45,50-51,55H,6-32,35-36,39-42,44,46-49H2,1-5H3,(H-,53,56,57,58)/b34-33+,38-37+,45-43+. The number of aliphatic hydroxyl groups is 1. The van der Waals surface area contributed by atoms with Gasteiger partial charge in [0.05, 0.1) is 39.9 Å². The molecule has 0 aromatic carbocycles. The summed E-state index contributed by atoms with van der Waals surface area (Å²) in [6.07, 6.45) is 55.4. The Labute approximate surface area is 378 Å². The number of carbonyl (C=O) groups is 1. The number of phosphoric acid groups is 1. The summed E-state index contributed by atoms with van der Waals surface area (Å²) >= 11 is 0. The van der Waals surface area contributed by atoms with Crippen molar-refractivity contribution in [2.45, 2.75) is 251 Å². The molecule has 360 valence electrons. The summed E-state index contributed by atoms with van der Waals surface area (Å²) in [6.45, 7) is 4.59. The molecule has 0 fully saturated rings. The minimum absolute atomic E-state index is 0.00824. The van der Waals surface area contributed by atoms with E-state index in [1.807, 2.05) is 27.2 Å². The van der Waals surface area contributed by atoms with Crippen molar-refractivity contribution in [1.29, 1.82) is 0 Å². The first-order chi connectivity index (χ1) is 29.5. The number of allylic oxidation sites excluding steroid dienone is 5.